The van der Waals surface area contributed by atoms with Gasteiger partial charge in [0.05, 0.1) is 12.4 Å². The molecule has 0 spiro atoms. The Hall–Kier alpha value is -0.760. The van der Waals surface area contributed by atoms with Crippen LogP contribution in [0.25, 0.3) is 0 Å². The van der Waals surface area contributed by atoms with Crippen LogP contribution in [0.1, 0.15) is 37.4 Å². The number of ether oxygens (including phenoxy) is 1. The summed E-state index contributed by atoms with van der Waals surface area (Å²) in [5.74, 6) is 1.57. The number of methoxy groups -OCH3 is 1. The lowest BCUT2D eigenvalue weighted by molar-refractivity contribution is 0.0458. The molecule has 0 radical (unpaired) electrons. The molecular weight excluding hydrogens is 164 g/mol. The zero-order chi connectivity index (χ0) is 9.10. The topological polar surface area (TPSA) is 22.4 Å². The minimum absolute atomic E-state index is 0.361. The molecule has 2 heteroatoms. The fourth-order valence-electron chi connectivity index (χ4n) is 2.21. The van der Waals surface area contributed by atoms with Crippen LogP contribution in [0, 0.1) is 0 Å². The summed E-state index contributed by atoms with van der Waals surface area (Å²) in [7, 11) is 1.80. The Bertz CT molecular complexity index is 241. The van der Waals surface area contributed by atoms with Crippen LogP contribution >= 0.6 is 0 Å². The van der Waals surface area contributed by atoms with Gasteiger partial charge in [0.15, 0.2) is 0 Å². The first-order chi connectivity index (χ1) is 6.42. The maximum absolute atomic E-state index is 5.47. The summed E-state index contributed by atoms with van der Waals surface area (Å²) >= 11 is 0. The Kier molecular flexibility index (Phi) is 2.69. The SMILES string of the molecule is CO[C@@H]1CCCC[C@H]1c1ccco1. The Morgan fingerprint density at radius 3 is 2.92 bits per heavy atom. The highest BCUT2D eigenvalue weighted by molar-refractivity contribution is 5.08. The van der Waals surface area contributed by atoms with Gasteiger partial charge in [-0.05, 0) is 25.0 Å². The molecule has 72 valence electrons. The van der Waals surface area contributed by atoms with E-state index in [1.807, 2.05) is 6.07 Å². The van der Waals surface area contributed by atoms with Crippen LogP contribution in [0.4, 0.5) is 0 Å². The molecule has 2 nitrogen and oxygen atoms in total. The first-order valence-electron chi connectivity index (χ1n) is 4.98. The molecule has 1 aromatic heterocycles. The fraction of sp³-hybridized carbons (Fsp3) is 0.636. The Morgan fingerprint density at radius 1 is 1.38 bits per heavy atom. The van der Waals surface area contributed by atoms with Gasteiger partial charge in [-0.15, -0.1) is 0 Å². The summed E-state index contributed by atoms with van der Waals surface area (Å²) in [4.78, 5) is 0. The van der Waals surface area contributed by atoms with Gasteiger partial charge >= 0.3 is 0 Å². The van der Waals surface area contributed by atoms with Gasteiger partial charge in [0, 0.05) is 13.0 Å². The molecule has 0 saturated heterocycles. The van der Waals surface area contributed by atoms with Gasteiger partial charge in [-0.1, -0.05) is 12.8 Å². The number of hydrogen-bond donors (Lipinski definition) is 0. The van der Waals surface area contributed by atoms with E-state index >= 15 is 0 Å². The highest BCUT2D eigenvalue weighted by Gasteiger charge is 2.27. The number of hydrogen-bond acceptors (Lipinski definition) is 2. The second-order valence-electron chi connectivity index (χ2n) is 3.68. The number of furan rings is 1. The van der Waals surface area contributed by atoms with Crippen LogP contribution in [0.15, 0.2) is 22.8 Å². The maximum Gasteiger partial charge on any atom is 0.109 e. The Labute approximate surface area is 78.9 Å². The molecule has 0 N–H and O–H groups in total. The third-order valence-electron chi connectivity index (χ3n) is 2.91. The molecule has 0 bridgehead atoms. The molecule has 0 aromatic carbocycles. The van der Waals surface area contributed by atoms with Crippen molar-refractivity contribution < 1.29 is 9.15 Å². The van der Waals surface area contributed by atoms with E-state index < -0.39 is 0 Å². The first kappa shape index (κ1) is 8.82. The van der Waals surface area contributed by atoms with Crippen molar-refractivity contribution in [1.82, 2.24) is 0 Å². The second kappa shape index (κ2) is 3.97. The van der Waals surface area contributed by atoms with E-state index in [0.29, 0.717) is 12.0 Å². The summed E-state index contributed by atoms with van der Waals surface area (Å²) in [5, 5.41) is 0. The summed E-state index contributed by atoms with van der Waals surface area (Å²) < 4.78 is 10.9. The van der Waals surface area contributed by atoms with E-state index in [0.717, 1.165) is 5.76 Å². The van der Waals surface area contributed by atoms with Crippen molar-refractivity contribution in [3.63, 3.8) is 0 Å². The van der Waals surface area contributed by atoms with E-state index in [1.54, 1.807) is 13.4 Å². The lowest BCUT2D eigenvalue weighted by Gasteiger charge is -2.28. The largest absolute Gasteiger partial charge is 0.469 e. The van der Waals surface area contributed by atoms with Gasteiger partial charge in [-0.2, -0.15) is 0 Å². The fourth-order valence-corrected chi connectivity index (χ4v) is 2.21. The summed E-state index contributed by atoms with van der Waals surface area (Å²) in [6.07, 6.45) is 7.06. The Balaban J connectivity index is 2.11. The van der Waals surface area contributed by atoms with Crippen LogP contribution in [0.3, 0.4) is 0 Å². The van der Waals surface area contributed by atoms with Crippen LogP contribution in [-0.4, -0.2) is 13.2 Å². The third kappa shape index (κ3) is 1.78. The molecule has 1 aliphatic rings. The predicted octanol–water partition coefficient (Wildman–Crippen LogP) is 2.95. The molecule has 1 fully saturated rings. The molecule has 1 aliphatic carbocycles. The van der Waals surface area contributed by atoms with Crippen molar-refractivity contribution in [2.24, 2.45) is 0 Å². The van der Waals surface area contributed by atoms with Gasteiger partial charge in [0.1, 0.15) is 5.76 Å². The molecule has 1 aromatic rings. The Morgan fingerprint density at radius 2 is 2.23 bits per heavy atom. The van der Waals surface area contributed by atoms with Crippen LogP contribution < -0.4 is 0 Å². The molecule has 13 heavy (non-hydrogen) atoms. The smallest absolute Gasteiger partial charge is 0.109 e. The van der Waals surface area contributed by atoms with Crippen molar-refractivity contribution in [2.75, 3.05) is 7.11 Å². The average Bonchev–Trinajstić information content (AvgIpc) is 2.70. The molecule has 0 amide bonds. The third-order valence-corrected chi connectivity index (χ3v) is 2.91. The van der Waals surface area contributed by atoms with Crippen molar-refractivity contribution >= 4 is 0 Å². The predicted molar refractivity (Wildman–Crippen MR) is 50.7 cm³/mol. The van der Waals surface area contributed by atoms with Gasteiger partial charge in [0.2, 0.25) is 0 Å². The minimum Gasteiger partial charge on any atom is -0.469 e. The maximum atomic E-state index is 5.47. The van der Waals surface area contributed by atoms with E-state index in [1.165, 1.54) is 25.7 Å². The molecule has 0 aliphatic heterocycles. The van der Waals surface area contributed by atoms with Gasteiger partial charge in [0.25, 0.3) is 0 Å². The highest BCUT2D eigenvalue weighted by atomic mass is 16.5. The minimum atomic E-state index is 0.361. The lowest BCUT2D eigenvalue weighted by atomic mass is 9.85. The van der Waals surface area contributed by atoms with Gasteiger partial charge in [-0.25, -0.2) is 0 Å². The molecule has 2 atom stereocenters. The quantitative estimate of drug-likeness (QED) is 0.698. The van der Waals surface area contributed by atoms with Crippen LogP contribution in [0.2, 0.25) is 0 Å². The van der Waals surface area contributed by atoms with Gasteiger partial charge < -0.3 is 9.15 Å². The van der Waals surface area contributed by atoms with E-state index in [9.17, 15) is 0 Å². The number of rotatable bonds is 2. The lowest BCUT2D eigenvalue weighted by Crippen LogP contribution is -2.24. The van der Waals surface area contributed by atoms with Crippen molar-refractivity contribution in [3.05, 3.63) is 24.2 Å². The monoisotopic (exact) mass is 180 g/mol. The molecule has 1 saturated carbocycles. The summed E-state index contributed by atoms with van der Waals surface area (Å²) in [6.45, 7) is 0. The normalized spacial score (nSPS) is 29.0. The second-order valence-corrected chi connectivity index (χ2v) is 3.68. The van der Waals surface area contributed by atoms with Crippen molar-refractivity contribution in [2.45, 2.75) is 37.7 Å². The molecule has 2 rings (SSSR count). The van der Waals surface area contributed by atoms with Crippen molar-refractivity contribution in [3.8, 4) is 0 Å². The standard InChI is InChI=1S/C11H16O2/c1-12-10-6-3-2-5-9(10)11-7-4-8-13-11/h4,7-10H,2-3,5-6H2,1H3/t9-,10-/m1/s1. The van der Waals surface area contributed by atoms with E-state index in [4.69, 9.17) is 9.15 Å². The first-order valence-corrected chi connectivity index (χ1v) is 4.98. The zero-order valence-electron chi connectivity index (χ0n) is 8.03. The molecule has 1 heterocycles. The van der Waals surface area contributed by atoms with Crippen LogP contribution in [0.5, 0.6) is 0 Å². The van der Waals surface area contributed by atoms with E-state index in [2.05, 4.69) is 6.07 Å². The highest BCUT2D eigenvalue weighted by Crippen LogP contribution is 2.34. The van der Waals surface area contributed by atoms with Gasteiger partial charge in [-0.3, -0.25) is 0 Å². The molecule has 0 unspecified atom stereocenters. The average molecular weight is 180 g/mol. The summed E-state index contributed by atoms with van der Waals surface area (Å²) in [5.41, 5.74) is 0. The summed E-state index contributed by atoms with van der Waals surface area (Å²) in [6, 6.07) is 4.01. The van der Waals surface area contributed by atoms with Crippen LogP contribution in [-0.2, 0) is 4.74 Å². The molecular formula is C11H16O2. The zero-order valence-corrected chi connectivity index (χ0v) is 8.03. The van der Waals surface area contributed by atoms with E-state index in [-0.39, 0.29) is 0 Å². The van der Waals surface area contributed by atoms with Crippen molar-refractivity contribution in [1.29, 1.82) is 0 Å².